The molecule has 0 saturated heterocycles. The number of nitrogens with one attached hydrogen (secondary N) is 1. The van der Waals surface area contributed by atoms with Crippen molar-refractivity contribution in [1.29, 1.82) is 0 Å². The summed E-state index contributed by atoms with van der Waals surface area (Å²) in [6.45, 7) is 0.268. The Morgan fingerprint density at radius 2 is 1.91 bits per heavy atom. The second-order valence-electron chi connectivity index (χ2n) is 8.59. The van der Waals surface area contributed by atoms with Crippen LogP contribution in [0.3, 0.4) is 0 Å². The van der Waals surface area contributed by atoms with Crippen LogP contribution in [0.25, 0.3) is 16.6 Å². The second kappa shape index (κ2) is 8.85. The predicted molar refractivity (Wildman–Crippen MR) is 118 cm³/mol. The van der Waals surface area contributed by atoms with E-state index in [0.29, 0.717) is 6.07 Å². The van der Waals surface area contributed by atoms with Crippen LogP contribution in [0.1, 0.15) is 42.1 Å². The summed E-state index contributed by atoms with van der Waals surface area (Å²) in [5.74, 6) is -6.90. The highest BCUT2D eigenvalue weighted by Gasteiger charge is 2.26. The van der Waals surface area contributed by atoms with Gasteiger partial charge in [0.05, 0.1) is 23.4 Å². The normalized spacial score (nSPS) is 18.3. The number of rotatable bonds is 5. The zero-order valence-electron chi connectivity index (χ0n) is 18.1. The van der Waals surface area contributed by atoms with Crippen LogP contribution in [0.15, 0.2) is 49.2 Å². The molecule has 2 aromatic heterocycles. The first-order valence-electron chi connectivity index (χ1n) is 11.0. The summed E-state index contributed by atoms with van der Waals surface area (Å²) in [6.07, 6.45) is 10.7. The molecule has 1 aliphatic carbocycles. The number of aromatic hydroxyl groups is 1. The monoisotopic (exact) mass is 469 g/mol. The standard InChI is InChI=1S/C24H22F3N5O2/c25-19-10-18(21(26)22(27)23(19)33)24(34)29-11-14-1-4-16(5-2-14)32-12-15-3-6-17(9-20(15)30-32)31-8-7-28-13-31/h3,6-10,12-14,16,33H,1-2,4-5,11H2,(H,29,34). The van der Waals surface area contributed by atoms with Crippen molar-refractivity contribution in [2.75, 3.05) is 6.54 Å². The molecule has 1 saturated carbocycles. The van der Waals surface area contributed by atoms with Crippen molar-refractivity contribution in [3.63, 3.8) is 0 Å². The van der Waals surface area contributed by atoms with Crippen LogP contribution in [0.4, 0.5) is 13.2 Å². The molecule has 1 fully saturated rings. The van der Waals surface area contributed by atoms with Gasteiger partial charge in [0.2, 0.25) is 5.82 Å². The number of benzene rings is 2. The van der Waals surface area contributed by atoms with E-state index in [2.05, 4.69) is 10.3 Å². The number of hydrogen-bond donors (Lipinski definition) is 2. The summed E-state index contributed by atoms with van der Waals surface area (Å²) in [5.41, 5.74) is 1.12. The third-order valence-corrected chi connectivity index (χ3v) is 6.43. The van der Waals surface area contributed by atoms with Crippen LogP contribution in [-0.2, 0) is 0 Å². The minimum absolute atomic E-state index is 0.160. The van der Waals surface area contributed by atoms with Crippen molar-refractivity contribution in [1.82, 2.24) is 24.6 Å². The van der Waals surface area contributed by atoms with Crippen molar-refractivity contribution in [2.24, 2.45) is 5.92 Å². The quantitative estimate of drug-likeness (QED) is 0.422. The molecule has 176 valence electrons. The third-order valence-electron chi connectivity index (χ3n) is 6.43. The number of nitrogens with zero attached hydrogens (tertiary/aromatic N) is 4. The van der Waals surface area contributed by atoms with Gasteiger partial charge in [-0.3, -0.25) is 9.48 Å². The maximum absolute atomic E-state index is 13.9. The molecule has 5 rings (SSSR count). The molecular formula is C24H22F3N5O2. The van der Waals surface area contributed by atoms with Crippen molar-refractivity contribution in [2.45, 2.75) is 31.7 Å². The SMILES string of the molecule is O=C(NCC1CCC(n2cc3ccc(-n4ccnc4)cc3n2)CC1)c1cc(F)c(O)c(F)c1F. The molecule has 2 N–H and O–H groups in total. The van der Waals surface area contributed by atoms with Gasteiger partial charge in [-0.05, 0) is 55.9 Å². The largest absolute Gasteiger partial charge is 0.503 e. The molecule has 0 aliphatic heterocycles. The predicted octanol–water partition coefficient (Wildman–Crippen LogP) is 4.51. The molecule has 1 amide bonds. The summed E-state index contributed by atoms with van der Waals surface area (Å²) in [4.78, 5) is 16.3. The van der Waals surface area contributed by atoms with E-state index < -0.39 is 34.7 Å². The van der Waals surface area contributed by atoms with E-state index in [0.717, 1.165) is 42.3 Å². The molecule has 4 aromatic rings. The smallest absolute Gasteiger partial charge is 0.254 e. The molecule has 34 heavy (non-hydrogen) atoms. The number of phenols is 1. The fourth-order valence-corrected chi connectivity index (χ4v) is 4.48. The number of aromatic nitrogens is 4. The van der Waals surface area contributed by atoms with Gasteiger partial charge in [-0.1, -0.05) is 0 Å². The van der Waals surface area contributed by atoms with Gasteiger partial charge in [-0.25, -0.2) is 13.8 Å². The molecule has 0 radical (unpaired) electrons. The maximum atomic E-state index is 13.9. The molecule has 10 heteroatoms. The van der Waals surface area contributed by atoms with Crippen molar-refractivity contribution in [3.8, 4) is 11.4 Å². The Balaban J connectivity index is 1.19. The Morgan fingerprint density at radius 1 is 1.12 bits per heavy atom. The summed E-state index contributed by atoms with van der Waals surface area (Å²) in [5, 5.41) is 17.5. The zero-order chi connectivity index (χ0) is 23.8. The van der Waals surface area contributed by atoms with Crippen LogP contribution < -0.4 is 5.32 Å². The van der Waals surface area contributed by atoms with Crippen LogP contribution >= 0.6 is 0 Å². The van der Waals surface area contributed by atoms with Crippen molar-refractivity contribution < 1.29 is 23.1 Å². The Hall–Kier alpha value is -3.82. The van der Waals surface area contributed by atoms with Gasteiger partial charge in [0.15, 0.2) is 17.4 Å². The lowest BCUT2D eigenvalue weighted by molar-refractivity contribution is 0.0935. The fraction of sp³-hybridized carbons (Fsp3) is 0.292. The number of halogens is 3. The summed E-state index contributed by atoms with van der Waals surface area (Å²) < 4.78 is 44.9. The molecule has 0 bridgehead atoms. The van der Waals surface area contributed by atoms with Crippen molar-refractivity contribution in [3.05, 3.63) is 72.2 Å². The van der Waals surface area contributed by atoms with E-state index in [-0.39, 0.29) is 18.5 Å². The molecular weight excluding hydrogens is 447 g/mol. The topological polar surface area (TPSA) is 85.0 Å². The Morgan fingerprint density at radius 3 is 2.65 bits per heavy atom. The van der Waals surface area contributed by atoms with Crippen LogP contribution in [0.5, 0.6) is 5.75 Å². The van der Waals surface area contributed by atoms with Gasteiger partial charge in [-0.15, -0.1) is 0 Å². The molecule has 0 spiro atoms. The van der Waals surface area contributed by atoms with Gasteiger partial charge >= 0.3 is 0 Å². The van der Waals surface area contributed by atoms with Crippen LogP contribution in [0.2, 0.25) is 0 Å². The molecule has 7 nitrogen and oxygen atoms in total. The summed E-state index contributed by atoms with van der Waals surface area (Å²) in [7, 11) is 0. The Labute approximate surface area is 192 Å². The molecule has 1 aliphatic rings. The van der Waals surface area contributed by atoms with E-state index in [1.165, 1.54) is 0 Å². The van der Waals surface area contributed by atoms with Gasteiger partial charge in [0.1, 0.15) is 0 Å². The number of phenolic OH excluding ortho intramolecular Hbond substituents is 1. The highest BCUT2D eigenvalue weighted by molar-refractivity contribution is 5.94. The minimum atomic E-state index is -1.77. The van der Waals surface area contributed by atoms with E-state index in [4.69, 9.17) is 10.2 Å². The highest BCUT2D eigenvalue weighted by Crippen LogP contribution is 2.33. The van der Waals surface area contributed by atoms with E-state index in [1.807, 2.05) is 39.8 Å². The Kier molecular flexibility index (Phi) is 5.72. The average Bonchev–Trinajstić information content (AvgIpc) is 3.53. The lowest BCUT2D eigenvalue weighted by atomic mass is 9.86. The summed E-state index contributed by atoms with van der Waals surface area (Å²) in [6, 6.07) is 6.80. The maximum Gasteiger partial charge on any atom is 0.254 e. The molecule has 0 atom stereocenters. The second-order valence-corrected chi connectivity index (χ2v) is 8.59. The molecule has 2 heterocycles. The first-order chi connectivity index (χ1) is 16.4. The lowest BCUT2D eigenvalue weighted by Crippen LogP contribution is -2.32. The number of imidazole rings is 1. The van der Waals surface area contributed by atoms with E-state index in [9.17, 15) is 18.0 Å². The number of fused-ring (bicyclic) bond motifs is 1. The molecule has 0 unspecified atom stereocenters. The van der Waals surface area contributed by atoms with Gasteiger partial charge < -0.3 is 15.0 Å². The van der Waals surface area contributed by atoms with Crippen LogP contribution in [0, 0.1) is 23.4 Å². The third kappa shape index (κ3) is 4.11. The zero-order valence-corrected chi connectivity index (χ0v) is 18.1. The minimum Gasteiger partial charge on any atom is -0.503 e. The molecule has 2 aromatic carbocycles. The van der Waals surface area contributed by atoms with E-state index in [1.54, 1.807) is 12.5 Å². The lowest BCUT2D eigenvalue weighted by Gasteiger charge is -2.28. The number of amides is 1. The Bertz CT molecular complexity index is 1340. The number of carbonyl (C=O) groups is 1. The first kappa shape index (κ1) is 22.0. The number of hydrogen-bond acceptors (Lipinski definition) is 4. The summed E-state index contributed by atoms with van der Waals surface area (Å²) >= 11 is 0. The fourth-order valence-electron chi connectivity index (χ4n) is 4.48. The highest BCUT2D eigenvalue weighted by atomic mass is 19.2. The van der Waals surface area contributed by atoms with Crippen LogP contribution in [-0.4, -0.2) is 36.9 Å². The van der Waals surface area contributed by atoms with Crippen molar-refractivity contribution >= 4 is 16.8 Å². The average molecular weight is 469 g/mol. The van der Waals surface area contributed by atoms with E-state index >= 15 is 0 Å². The van der Waals surface area contributed by atoms with Gasteiger partial charge in [0, 0.05) is 36.2 Å². The first-order valence-corrected chi connectivity index (χ1v) is 11.0. The van der Waals surface area contributed by atoms with Gasteiger partial charge in [-0.2, -0.15) is 9.49 Å². The van der Waals surface area contributed by atoms with Gasteiger partial charge in [0.25, 0.3) is 5.91 Å². The number of carbonyl (C=O) groups excluding carboxylic acids is 1.